The van der Waals surface area contributed by atoms with Crippen LogP contribution in [0.1, 0.15) is 32.4 Å². The van der Waals surface area contributed by atoms with Crippen LogP contribution in [0, 0.1) is 27.7 Å². The molecule has 0 bridgehead atoms. The summed E-state index contributed by atoms with van der Waals surface area (Å²) in [6.07, 6.45) is 0.135. The number of anilines is 2. The van der Waals surface area contributed by atoms with Crippen LogP contribution in [0.3, 0.4) is 0 Å². The second kappa shape index (κ2) is 17.7. The molecule has 0 radical (unpaired) electrons. The number of sulfonamides is 2. The minimum Gasteiger partial charge on any atom is -0.326 e. The van der Waals surface area contributed by atoms with Gasteiger partial charge in [0.05, 0.1) is 43.9 Å². The van der Waals surface area contributed by atoms with Gasteiger partial charge in [-0.25, -0.2) is 37.1 Å². The highest BCUT2D eigenvalue weighted by molar-refractivity contribution is 7.89. The van der Waals surface area contributed by atoms with Crippen molar-refractivity contribution in [3.05, 3.63) is 127 Å². The molecule has 0 unspecified atom stereocenters. The van der Waals surface area contributed by atoms with Crippen molar-refractivity contribution in [2.24, 2.45) is 10.3 Å². The minimum absolute atomic E-state index is 0.0604. The molecule has 4 aromatic carbocycles. The third kappa shape index (κ3) is 10.9. The lowest BCUT2D eigenvalue weighted by molar-refractivity contribution is -0.116. The van der Waals surface area contributed by atoms with E-state index >= 15 is 0 Å². The van der Waals surface area contributed by atoms with E-state index in [-0.39, 0.29) is 34.4 Å². The molecule has 12 nitrogen and oxygen atoms in total. The first-order chi connectivity index (χ1) is 26.3. The maximum Gasteiger partial charge on any atom is 0.238 e. The van der Waals surface area contributed by atoms with Crippen molar-refractivity contribution in [1.29, 1.82) is 0 Å². The second-order valence-electron chi connectivity index (χ2n) is 12.5. The number of aryl methyl sites for hydroxylation is 4. The fraction of sp³-hybridized carbons (Fsp3) is 0.158. The summed E-state index contributed by atoms with van der Waals surface area (Å²) in [6, 6.07) is 23.3. The molecule has 0 aliphatic carbocycles. The van der Waals surface area contributed by atoms with Crippen molar-refractivity contribution in [2.45, 2.75) is 50.3 Å². The van der Waals surface area contributed by atoms with Crippen LogP contribution in [0.25, 0.3) is 21.0 Å². The predicted molar refractivity (Wildman–Crippen MR) is 224 cm³/mol. The third-order valence-electron chi connectivity index (χ3n) is 8.17. The smallest absolute Gasteiger partial charge is 0.238 e. The summed E-state index contributed by atoms with van der Waals surface area (Å²) in [4.78, 5) is 35.0. The van der Waals surface area contributed by atoms with E-state index in [0.29, 0.717) is 48.7 Å². The SMILES string of the molecule is Cc1nc(-c2ccc(NC(=O)Cc3ccccc3Cl)cc2S(N)(=O)=O)sc1C.Cc1nc(C)c(-c2ccc(NC(=O)Cc3ccccc3Cl)cc2S(N)(=O)=O)s1. The molecule has 2 aromatic heterocycles. The molecular weight excluding hydrogens is 836 g/mol. The van der Waals surface area contributed by atoms with Gasteiger partial charge in [0.25, 0.3) is 0 Å². The molecule has 6 aromatic rings. The van der Waals surface area contributed by atoms with Crippen LogP contribution in [-0.2, 0) is 42.5 Å². The minimum atomic E-state index is -4.01. The lowest BCUT2D eigenvalue weighted by Gasteiger charge is -2.11. The Morgan fingerprint density at radius 3 is 1.52 bits per heavy atom. The van der Waals surface area contributed by atoms with Crippen LogP contribution in [0.4, 0.5) is 11.4 Å². The molecule has 2 heterocycles. The van der Waals surface area contributed by atoms with Gasteiger partial charge in [-0.2, -0.15) is 0 Å². The molecule has 0 aliphatic heterocycles. The van der Waals surface area contributed by atoms with Crippen LogP contribution in [0.15, 0.2) is 94.7 Å². The van der Waals surface area contributed by atoms with E-state index < -0.39 is 20.0 Å². The summed E-state index contributed by atoms with van der Waals surface area (Å²) in [5.74, 6) is -0.631. The maximum absolute atomic E-state index is 12.3. The number of nitrogens with one attached hydrogen (secondary N) is 2. The van der Waals surface area contributed by atoms with E-state index in [4.69, 9.17) is 33.5 Å². The fourth-order valence-electron chi connectivity index (χ4n) is 5.44. The maximum atomic E-state index is 12.3. The van der Waals surface area contributed by atoms with Crippen LogP contribution in [0.2, 0.25) is 10.0 Å². The topological polar surface area (TPSA) is 204 Å². The summed E-state index contributed by atoms with van der Waals surface area (Å²) >= 11 is 14.9. The molecule has 0 spiro atoms. The molecule has 6 N–H and O–H groups in total. The molecule has 18 heteroatoms. The van der Waals surface area contributed by atoms with Crippen LogP contribution >= 0.6 is 45.9 Å². The molecule has 0 saturated carbocycles. The van der Waals surface area contributed by atoms with Gasteiger partial charge < -0.3 is 10.6 Å². The molecule has 0 saturated heterocycles. The van der Waals surface area contributed by atoms with Gasteiger partial charge in [0.15, 0.2) is 0 Å². The number of rotatable bonds is 10. The zero-order valence-electron chi connectivity index (χ0n) is 30.4. The number of nitrogens with zero attached hydrogens (tertiary/aromatic N) is 2. The molecule has 56 heavy (non-hydrogen) atoms. The van der Waals surface area contributed by atoms with E-state index in [0.717, 1.165) is 26.1 Å². The molecule has 0 atom stereocenters. The average molecular weight is 872 g/mol. The van der Waals surface area contributed by atoms with Crippen molar-refractivity contribution in [1.82, 2.24) is 9.97 Å². The van der Waals surface area contributed by atoms with Gasteiger partial charge in [0.2, 0.25) is 31.9 Å². The standard InChI is InChI=1S/2C19H18ClN3O3S2/c1-11-19(27-12(2)22-11)15-8-7-14(10-17(15)28(21,25)26)23-18(24)9-13-5-3-4-6-16(13)20;1-11-12(2)27-19(22-11)15-8-7-14(10-17(15)28(21,25)26)23-18(24)9-13-5-3-4-6-16(13)20/h2*3-8,10H,9H2,1-2H3,(H,23,24)(H2,21,25,26). The summed E-state index contributed by atoms with van der Waals surface area (Å²) in [7, 11) is -8.02. The number of nitrogens with two attached hydrogens (primary N) is 2. The molecule has 0 fully saturated rings. The lowest BCUT2D eigenvalue weighted by atomic mass is 10.1. The highest BCUT2D eigenvalue weighted by Crippen LogP contribution is 2.36. The monoisotopic (exact) mass is 870 g/mol. The Hall–Kier alpha value is -4.52. The van der Waals surface area contributed by atoms with Crippen molar-refractivity contribution in [2.75, 3.05) is 10.6 Å². The van der Waals surface area contributed by atoms with Crippen LogP contribution in [0.5, 0.6) is 0 Å². The first-order valence-corrected chi connectivity index (χ1v) is 22.1. The van der Waals surface area contributed by atoms with E-state index in [9.17, 15) is 26.4 Å². The van der Waals surface area contributed by atoms with Gasteiger partial charge in [-0.05, 0) is 81.3 Å². The first-order valence-electron chi connectivity index (χ1n) is 16.6. The van der Waals surface area contributed by atoms with Crippen molar-refractivity contribution in [3.8, 4) is 21.0 Å². The first kappa shape index (κ1) is 42.6. The predicted octanol–water partition coefficient (Wildman–Crippen LogP) is 7.82. The van der Waals surface area contributed by atoms with E-state index in [1.165, 1.54) is 34.8 Å². The quantitative estimate of drug-likeness (QED) is 0.107. The zero-order valence-corrected chi connectivity index (χ0v) is 35.2. The number of carbonyl (C=O) groups is 2. The number of aromatic nitrogens is 2. The van der Waals surface area contributed by atoms with Gasteiger partial charge in [0.1, 0.15) is 5.01 Å². The second-order valence-corrected chi connectivity index (χ2v) is 18.7. The molecular formula is C38H36Cl2N6O6S4. The summed E-state index contributed by atoms with van der Waals surface area (Å²) in [6.45, 7) is 7.43. The van der Waals surface area contributed by atoms with E-state index in [1.807, 2.05) is 27.7 Å². The van der Waals surface area contributed by atoms with Gasteiger partial charge in [0, 0.05) is 37.4 Å². The molecule has 2 amide bonds. The van der Waals surface area contributed by atoms with Crippen LogP contribution in [-0.4, -0.2) is 38.6 Å². The lowest BCUT2D eigenvalue weighted by Crippen LogP contribution is -2.17. The number of hydrogen-bond acceptors (Lipinski definition) is 10. The van der Waals surface area contributed by atoms with Gasteiger partial charge in [-0.1, -0.05) is 65.7 Å². The highest BCUT2D eigenvalue weighted by Gasteiger charge is 2.22. The molecule has 6 rings (SSSR count). The summed E-state index contributed by atoms with van der Waals surface area (Å²) in [5.41, 5.74) is 4.46. The Labute approximate surface area is 343 Å². The Morgan fingerprint density at radius 1 is 0.643 bits per heavy atom. The fourth-order valence-corrected chi connectivity index (χ4v) is 9.42. The Kier molecular flexibility index (Phi) is 13.5. The number of amides is 2. The van der Waals surface area contributed by atoms with Gasteiger partial charge in [-0.15, -0.1) is 22.7 Å². The summed E-state index contributed by atoms with van der Waals surface area (Å²) < 4.78 is 48.5. The zero-order chi connectivity index (χ0) is 40.9. The highest BCUT2D eigenvalue weighted by atomic mass is 35.5. The Morgan fingerprint density at radius 2 is 1.11 bits per heavy atom. The number of primary sulfonamides is 2. The number of benzene rings is 4. The number of carbonyl (C=O) groups excluding carboxylic acids is 2. The normalized spacial score (nSPS) is 11.4. The van der Waals surface area contributed by atoms with E-state index in [1.54, 1.807) is 72.8 Å². The van der Waals surface area contributed by atoms with Crippen molar-refractivity contribution in [3.63, 3.8) is 0 Å². The number of thiazole rings is 2. The van der Waals surface area contributed by atoms with Crippen molar-refractivity contribution < 1.29 is 26.4 Å². The van der Waals surface area contributed by atoms with Crippen molar-refractivity contribution >= 4 is 89.1 Å². The third-order valence-corrected chi connectivity index (χ3v) is 13.0. The average Bonchev–Trinajstić information content (AvgIpc) is 3.64. The largest absolute Gasteiger partial charge is 0.326 e. The van der Waals surface area contributed by atoms with Crippen LogP contribution < -0.4 is 20.9 Å². The van der Waals surface area contributed by atoms with E-state index in [2.05, 4.69) is 20.6 Å². The van der Waals surface area contributed by atoms with Gasteiger partial charge >= 0.3 is 0 Å². The summed E-state index contributed by atoms with van der Waals surface area (Å²) in [5, 5.41) is 18.6. The Bertz CT molecular complexity index is 2660. The Balaban J connectivity index is 0.000000214. The number of halogens is 2. The molecule has 0 aliphatic rings. The number of hydrogen-bond donors (Lipinski definition) is 4. The molecule has 292 valence electrons. The van der Waals surface area contributed by atoms with Gasteiger partial charge in [-0.3, -0.25) is 9.59 Å².